The Morgan fingerprint density at radius 2 is 2.11 bits per heavy atom. The van der Waals surface area contributed by atoms with Crippen LogP contribution in [-0.2, 0) is 9.59 Å². The third kappa shape index (κ3) is 4.57. The molecule has 1 rings (SSSR count). The maximum absolute atomic E-state index is 13.2. The lowest BCUT2D eigenvalue weighted by molar-refractivity contribution is -0.138. The summed E-state index contributed by atoms with van der Waals surface area (Å²) in [6.45, 7) is 1.68. The molecule has 0 aliphatic carbocycles. The average Bonchev–Trinajstić information content (AvgIpc) is 2.36. The molecule has 0 saturated heterocycles. The molecule has 2 N–H and O–H groups in total. The van der Waals surface area contributed by atoms with Crippen molar-refractivity contribution in [3.05, 3.63) is 29.6 Å². The van der Waals surface area contributed by atoms with Crippen LogP contribution in [0.15, 0.2) is 18.2 Å². The molecule has 0 radical (unpaired) electrons. The van der Waals surface area contributed by atoms with E-state index in [9.17, 15) is 14.0 Å². The van der Waals surface area contributed by atoms with E-state index < -0.39 is 23.7 Å². The number of carboxylic acid groups (broad SMARTS) is 1. The maximum atomic E-state index is 13.2. The zero-order valence-electron chi connectivity index (χ0n) is 10.8. The third-order valence-electron chi connectivity index (χ3n) is 2.60. The zero-order valence-corrected chi connectivity index (χ0v) is 10.8. The molecule has 6 heteroatoms. The molecular weight excluding hydrogens is 253 g/mol. The summed E-state index contributed by atoms with van der Waals surface area (Å²) in [5.41, 5.74) is 0.506. The first-order valence-corrected chi connectivity index (χ1v) is 5.78. The van der Waals surface area contributed by atoms with Crippen molar-refractivity contribution in [2.75, 3.05) is 7.11 Å². The summed E-state index contributed by atoms with van der Waals surface area (Å²) in [6, 6.07) is 3.55. The van der Waals surface area contributed by atoms with E-state index >= 15 is 0 Å². The van der Waals surface area contributed by atoms with Gasteiger partial charge in [-0.2, -0.15) is 0 Å². The molecule has 104 valence electrons. The van der Waals surface area contributed by atoms with Gasteiger partial charge >= 0.3 is 5.97 Å². The van der Waals surface area contributed by atoms with Crippen molar-refractivity contribution < 1.29 is 23.8 Å². The highest BCUT2D eigenvalue weighted by Gasteiger charge is 2.15. The molecule has 1 aromatic rings. The SMILES string of the molecule is COc1ccc(F)cc1[C@H](C)NC(=O)CCC(=O)O. The van der Waals surface area contributed by atoms with E-state index in [1.54, 1.807) is 6.92 Å². The molecule has 0 aliphatic heterocycles. The molecule has 0 aliphatic rings. The molecule has 5 nitrogen and oxygen atoms in total. The zero-order chi connectivity index (χ0) is 14.4. The molecule has 0 heterocycles. The Balaban J connectivity index is 2.72. The quantitative estimate of drug-likeness (QED) is 0.826. The number of ether oxygens (including phenoxy) is 1. The number of methoxy groups -OCH3 is 1. The van der Waals surface area contributed by atoms with Crippen molar-refractivity contribution in [3.8, 4) is 5.75 Å². The van der Waals surface area contributed by atoms with Crippen molar-refractivity contribution in [1.29, 1.82) is 0 Å². The number of rotatable bonds is 6. The standard InChI is InChI=1S/C13H16FNO4/c1-8(15-12(16)5-6-13(17)18)10-7-9(14)3-4-11(10)19-2/h3-4,7-8H,5-6H2,1-2H3,(H,15,16)(H,17,18)/t8-/m0/s1. The lowest BCUT2D eigenvalue weighted by Gasteiger charge is -2.17. The van der Waals surface area contributed by atoms with Crippen molar-refractivity contribution in [2.24, 2.45) is 0 Å². The molecule has 1 atom stereocenters. The van der Waals surface area contributed by atoms with Crippen LogP contribution in [0.2, 0.25) is 0 Å². The van der Waals surface area contributed by atoms with Gasteiger partial charge in [0.1, 0.15) is 11.6 Å². The molecule has 0 aromatic heterocycles. The number of carboxylic acids is 1. The van der Waals surface area contributed by atoms with Gasteiger partial charge in [-0.15, -0.1) is 0 Å². The van der Waals surface area contributed by atoms with Gasteiger partial charge in [-0.1, -0.05) is 0 Å². The Bertz CT molecular complexity index is 476. The van der Waals surface area contributed by atoms with Gasteiger partial charge in [0, 0.05) is 12.0 Å². The number of carbonyl (C=O) groups is 2. The third-order valence-corrected chi connectivity index (χ3v) is 2.60. The van der Waals surface area contributed by atoms with Crippen molar-refractivity contribution in [3.63, 3.8) is 0 Å². The van der Waals surface area contributed by atoms with Crippen LogP contribution in [0.3, 0.4) is 0 Å². The van der Waals surface area contributed by atoms with Crippen molar-refractivity contribution in [2.45, 2.75) is 25.8 Å². The highest BCUT2D eigenvalue weighted by Crippen LogP contribution is 2.25. The Morgan fingerprint density at radius 3 is 2.68 bits per heavy atom. The molecule has 1 amide bonds. The number of halogens is 1. The number of hydrogen-bond donors (Lipinski definition) is 2. The van der Waals surface area contributed by atoms with Crippen LogP contribution >= 0.6 is 0 Å². The van der Waals surface area contributed by atoms with Crippen molar-refractivity contribution >= 4 is 11.9 Å². The minimum Gasteiger partial charge on any atom is -0.496 e. The van der Waals surface area contributed by atoms with E-state index in [2.05, 4.69) is 5.32 Å². The number of nitrogens with one attached hydrogen (secondary N) is 1. The number of amides is 1. The lowest BCUT2D eigenvalue weighted by atomic mass is 10.1. The highest BCUT2D eigenvalue weighted by atomic mass is 19.1. The Labute approximate surface area is 110 Å². The second kappa shape index (κ2) is 6.72. The van der Waals surface area contributed by atoms with Crippen LogP contribution in [0.25, 0.3) is 0 Å². The second-order valence-corrected chi connectivity index (χ2v) is 4.07. The van der Waals surface area contributed by atoms with Crippen LogP contribution in [0, 0.1) is 5.82 Å². The molecular formula is C13H16FNO4. The van der Waals surface area contributed by atoms with Crippen LogP contribution in [0.1, 0.15) is 31.4 Å². The molecule has 19 heavy (non-hydrogen) atoms. The first kappa shape index (κ1) is 14.9. The first-order valence-electron chi connectivity index (χ1n) is 5.78. The van der Waals surface area contributed by atoms with E-state index in [-0.39, 0.29) is 12.8 Å². The van der Waals surface area contributed by atoms with E-state index in [4.69, 9.17) is 9.84 Å². The molecule has 1 aromatic carbocycles. The van der Waals surface area contributed by atoms with Crippen LogP contribution in [0.4, 0.5) is 4.39 Å². The fraction of sp³-hybridized carbons (Fsp3) is 0.385. The number of aliphatic carboxylic acids is 1. The van der Waals surface area contributed by atoms with E-state index in [1.165, 1.54) is 25.3 Å². The predicted octanol–water partition coefficient (Wildman–Crippen LogP) is 1.88. The summed E-state index contributed by atoms with van der Waals surface area (Å²) in [5.74, 6) is -1.40. The monoisotopic (exact) mass is 269 g/mol. The molecule has 0 saturated carbocycles. The second-order valence-electron chi connectivity index (χ2n) is 4.07. The molecule has 0 bridgehead atoms. The fourth-order valence-corrected chi connectivity index (χ4v) is 1.66. The van der Waals surface area contributed by atoms with Crippen LogP contribution in [0.5, 0.6) is 5.75 Å². The van der Waals surface area contributed by atoms with Gasteiger partial charge < -0.3 is 15.2 Å². The van der Waals surface area contributed by atoms with Gasteiger partial charge in [0.15, 0.2) is 0 Å². The summed E-state index contributed by atoms with van der Waals surface area (Å²) in [5, 5.41) is 11.1. The largest absolute Gasteiger partial charge is 0.496 e. The first-order chi connectivity index (χ1) is 8.93. The maximum Gasteiger partial charge on any atom is 0.303 e. The molecule has 0 unspecified atom stereocenters. The summed E-state index contributed by atoms with van der Waals surface area (Å²) in [7, 11) is 1.45. The Morgan fingerprint density at radius 1 is 1.42 bits per heavy atom. The summed E-state index contributed by atoms with van der Waals surface area (Å²) >= 11 is 0. The van der Waals surface area contributed by atoms with Crippen LogP contribution in [-0.4, -0.2) is 24.1 Å². The van der Waals surface area contributed by atoms with Gasteiger partial charge in [0.05, 0.1) is 19.6 Å². The topological polar surface area (TPSA) is 75.6 Å². The van der Waals surface area contributed by atoms with Crippen molar-refractivity contribution in [1.82, 2.24) is 5.32 Å². The Kier molecular flexibility index (Phi) is 5.29. The normalized spacial score (nSPS) is 11.7. The predicted molar refractivity (Wildman–Crippen MR) is 66.4 cm³/mol. The van der Waals surface area contributed by atoms with Gasteiger partial charge in [0.2, 0.25) is 5.91 Å². The van der Waals surface area contributed by atoms with E-state index in [0.29, 0.717) is 11.3 Å². The molecule has 0 fully saturated rings. The fourth-order valence-electron chi connectivity index (χ4n) is 1.66. The summed E-state index contributed by atoms with van der Waals surface area (Å²) in [6.07, 6.45) is -0.351. The van der Waals surface area contributed by atoms with E-state index in [1.807, 2.05) is 0 Å². The van der Waals surface area contributed by atoms with Gasteiger partial charge in [0.25, 0.3) is 0 Å². The van der Waals surface area contributed by atoms with Gasteiger partial charge in [-0.05, 0) is 25.1 Å². The Hall–Kier alpha value is -2.11. The molecule has 0 spiro atoms. The lowest BCUT2D eigenvalue weighted by Crippen LogP contribution is -2.27. The minimum absolute atomic E-state index is 0.114. The smallest absolute Gasteiger partial charge is 0.303 e. The number of carbonyl (C=O) groups excluding carboxylic acids is 1. The average molecular weight is 269 g/mol. The summed E-state index contributed by atoms with van der Waals surface area (Å²) in [4.78, 5) is 21.9. The van der Waals surface area contributed by atoms with Gasteiger partial charge in [-0.25, -0.2) is 4.39 Å². The number of hydrogen-bond acceptors (Lipinski definition) is 3. The number of benzene rings is 1. The summed E-state index contributed by atoms with van der Waals surface area (Å²) < 4.78 is 18.3. The highest BCUT2D eigenvalue weighted by molar-refractivity contribution is 5.80. The van der Waals surface area contributed by atoms with Gasteiger partial charge in [-0.3, -0.25) is 9.59 Å². The minimum atomic E-state index is -1.04. The van der Waals surface area contributed by atoms with E-state index in [0.717, 1.165) is 0 Å². The van der Waals surface area contributed by atoms with Crippen LogP contribution < -0.4 is 10.1 Å².